The molecule has 112 valence electrons. The van der Waals surface area contributed by atoms with Gasteiger partial charge in [0.15, 0.2) is 0 Å². The minimum absolute atomic E-state index is 0.289. The van der Waals surface area contributed by atoms with Gasteiger partial charge >= 0.3 is 5.97 Å². The molecule has 0 heterocycles. The van der Waals surface area contributed by atoms with Crippen molar-refractivity contribution in [3.8, 4) is 0 Å². The SMILES string of the molecule is C=C(C)C(=O)OCCSCCCCCCSCCO. The van der Waals surface area contributed by atoms with Crippen molar-refractivity contribution in [2.45, 2.75) is 32.6 Å². The predicted molar refractivity (Wildman–Crippen MR) is 86.0 cm³/mol. The lowest BCUT2D eigenvalue weighted by Crippen LogP contribution is -2.07. The van der Waals surface area contributed by atoms with Gasteiger partial charge in [-0.1, -0.05) is 19.4 Å². The van der Waals surface area contributed by atoms with Crippen LogP contribution in [0.2, 0.25) is 0 Å². The molecule has 0 saturated carbocycles. The molecule has 0 radical (unpaired) electrons. The van der Waals surface area contributed by atoms with E-state index in [1.54, 1.807) is 6.92 Å². The van der Waals surface area contributed by atoms with Gasteiger partial charge in [-0.2, -0.15) is 23.5 Å². The fraction of sp³-hybridized carbons (Fsp3) is 0.786. The number of esters is 1. The molecule has 0 aromatic heterocycles. The minimum Gasteiger partial charge on any atom is -0.461 e. The van der Waals surface area contributed by atoms with Crippen molar-refractivity contribution in [3.05, 3.63) is 12.2 Å². The van der Waals surface area contributed by atoms with E-state index in [0.29, 0.717) is 12.2 Å². The summed E-state index contributed by atoms with van der Waals surface area (Å²) in [6, 6.07) is 0. The van der Waals surface area contributed by atoms with E-state index in [1.165, 1.54) is 25.7 Å². The molecular formula is C14H26O3S2. The molecule has 0 rings (SSSR count). The lowest BCUT2D eigenvalue weighted by atomic mass is 10.2. The summed E-state index contributed by atoms with van der Waals surface area (Å²) in [6.45, 7) is 5.96. The fourth-order valence-corrected chi connectivity index (χ4v) is 2.90. The van der Waals surface area contributed by atoms with Crippen LogP contribution in [0.1, 0.15) is 32.6 Å². The summed E-state index contributed by atoms with van der Waals surface area (Å²) >= 11 is 3.66. The van der Waals surface area contributed by atoms with Gasteiger partial charge in [0, 0.05) is 17.1 Å². The number of thioether (sulfide) groups is 2. The number of hydrogen-bond acceptors (Lipinski definition) is 5. The maximum Gasteiger partial charge on any atom is 0.333 e. The van der Waals surface area contributed by atoms with Gasteiger partial charge in [-0.15, -0.1) is 0 Å². The van der Waals surface area contributed by atoms with Crippen molar-refractivity contribution in [3.63, 3.8) is 0 Å². The first kappa shape index (κ1) is 18.9. The average Bonchev–Trinajstić information content (AvgIpc) is 2.39. The van der Waals surface area contributed by atoms with E-state index in [2.05, 4.69) is 6.58 Å². The van der Waals surface area contributed by atoms with E-state index in [4.69, 9.17) is 9.84 Å². The van der Waals surface area contributed by atoms with E-state index in [1.807, 2.05) is 23.5 Å². The molecule has 0 bridgehead atoms. The van der Waals surface area contributed by atoms with E-state index >= 15 is 0 Å². The van der Waals surface area contributed by atoms with Crippen LogP contribution in [0, 0.1) is 0 Å². The molecule has 0 aliphatic rings. The normalized spacial score (nSPS) is 10.4. The van der Waals surface area contributed by atoms with Crippen molar-refractivity contribution >= 4 is 29.5 Å². The molecule has 0 aromatic carbocycles. The maximum atomic E-state index is 11.1. The smallest absolute Gasteiger partial charge is 0.333 e. The summed E-state index contributed by atoms with van der Waals surface area (Å²) in [7, 11) is 0. The van der Waals surface area contributed by atoms with Crippen LogP contribution in [0.4, 0.5) is 0 Å². The predicted octanol–water partition coefficient (Wildman–Crippen LogP) is 3.12. The van der Waals surface area contributed by atoms with Gasteiger partial charge in [0.05, 0.1) is 6.61 Å². The molecule has 0 saturated heterocycles. The lowest BCUT2D eigenvalue weighted by molar-refractivity contribution is -0.138. The molecule has 0 aliphatic heterocycles. The van der Waals surface area contributed by atoms with Gasteiger partial charge in [0.25, 0.3) is 0 Å². The van der Waals surface area contributed by atoms with E-state index in [9.17, 15) is 4.79 Å². The number of aliphatic hydroxyl groups excluding tert-OH is 1. The molecule has 0 atom stereocenters. The molecule has 0 unspecified atom stereocenters. The van der Waals surface area contributed by atoms with Crippen LogP contribution >= 0.6 is 23.5 Å². The Bertz CT molecular complexity index is 245. The molecule has 0 aliphatic carbocycles. The highest BCUT2D eigenvalue weighted by Gasteiger charge is 2.01. The van der Waals surface area contributed by atoms with Crippen molar-refractivity contribution < 1.29 is 14.6 Å². The monoisotopic (exact) mass is 306 g/mol. The van der Waals surface area contributed by atoms with Gasteiger partial charge < -0.3 is 9.84 Å². The van der Waals surface area contributed by atoms with Gasteiger partial charge in [-0.3, -0.25) is 0 Å². The summed E-state index contributed by atoms with van der Waals surface area (Å²) < 4.78 is 5.00. The summed E-state index contributed by atoms with van der Waals surface area (Å²) in [5, 5.41) is 8.61. The highest BCUT2D eigenvalue weighted by molar-refractivity contribution is 7.99. The zero-order valence-electron chi connectivity index (χ0n) is 11.9. The first-order valence-corrected chi connectivity index (χ1v) is 9.08. The Morgan fingerprint density at radius 1 is 1.05 bits per heavy atom. The third-order valence-corrected chi connectivity index (χ3v) is 4.45. The Morgan fingerprint density at radius 2 is 1.63 bits per heavy atom. The number of unbranched alkanes of at least 4 members (excludes halogenated alkanes) is 3. The number of aliphatic hydroxyl groups is 1. The lowest BCUT2D eigenvalue weighted by Gasteiger charge is -2.04. The van der Waals surface area contributed by atoms with Crippen LogP contribution in [0.25, 0.3) is 0 Å². The second-order valence-electron chi connectivity index (χ2n) is 4.28. The van der Waals surface area contributed by atoms with Crippen molar-refractivity contribution in [1.82, 2.24) is 0 Å². The Hall–Kier alpha value is -0.130. The van der Waals surface area contributed by atoms with Crippen LogP contribution in [-0.2, 0) is 9.53 Å². The highest BCUT2D eigenvalue weighted by atomic mass is 32.2. The first-order valence-electron chi connectivity index (χ1n) is 6.77. The largest absolute Gasteiger partial charge is 0.461 e. The van der Waals surface area contributed by atoms with Crippen LogP contribution < -0.4 is 0 Å². The van der Waals surface area contributed by atoms with Crippen LogP contribution in [-0.4, -0.2) is 47.3 Å². The number of carbonyl (C=O) groups excluding carboxylic acids is 1. The second-order valence-corrected chi connectivity index (χ2v) is 6.73. The average molecular weight is 306 g/mol. The fourth-order valence-electron chi connectivity index (χ4n) is 1.35. The standard InChI is InChI=1S/C14H26O3S2/c1-13(2)14(16)17-8-12-19-10-6-4-3-5-9-18-11-7-15/h15H,1,3-12H2,2H3. The molecular weight excluding hydrogens is 280 g/mol. The quantitative estimate of drug-likeness (QED) is 0.322. The molecule has 1 N–H and O–H groups in total. The van der Waals surface area contributed by atoms with Gasteiger partial charge in [-0.05, 0) is 31.3 Å². The molecule has 0 aromatic rings. The zero-order valence-corrected chi connectivity index (χ0v) is 13.5. The second kappa shape index (κ2) is 14.3. The number of carbonyl (C=O) groups is 1. The molecule has 5 heteroatoms. The van der Waals surface area contributed by atoms with Crippen molar-refractivity contribution in [2.24, 2.45) is 0 Å². The summed E-state index contributed by atoms with van der Waals surface area (Å²) in [5.41, 5.74) is 0.462. The van der Waals surface area contributed by atoms with Crippen LogP contribution in [0.5, 0.6) is 0 Å². The third-order valence-electron chi connectivity index (χ3n) is 2.37. The Kier molecular flexibility index (Phi) is 14.2. The van der Waals surface area contributed by atoms with E-state index in [0.717, 1.165) is 23.0 Å². The molecule has 0 amide bonds. The van der Waals surface area contributed by atoms with Gasteiger partial charge in [0.1, 0.15) is 6.61 Å². The van der Waals surface area contributed by atoms with E-state index < -0.39 is 0 Å². The van der Waals surface area contributed by atoms with Gasteiger partial charge in [-0.25, -0.2) is 4.79 Å². The molecule has 3 nitrogen and oxygen atoms in total. The van der Waals surface area contributed by atoms with Gasteiger partial charge in [0.2, 0.25) is 0 Å². The Labute approximate surface area is 125 Å². The van der Waals surface area contributed by atoms with E-state index in [-0.39, 0.29) is 12.6 Å². The summed E-state index contributed by atoms with van der Waals surface area (Å²) in [4.78, 5) is 11.1. The number of hydrogen-bond donors (Lipinski definition) is 1. The maximum absolute atomic E-state index is 11.1. The Morgan fingerprint density at radius 3 is 2.16 bits per heavy atom. The number of rotatable bonds is 13. The summed E-state index contributed by atoms with van der Waals surface area (Å²) in [5.74, 6) is 3.73. The summed E-state index contributed by atoms with van der Waals surface area (Å²) in [6.07, 6.45) is 5.00. The van der Waals surface area contributed by atoms with Crippen LogP contribution in [0.3, 0.4) is 0 Å². The topological polar surface area (TPSA) is 46.5 Å². The number of ether oxygens (including phenoxy) is 1. The van der Waals surface area contributed by atoms with Crippen LogP contribution in [0.15, 0.2) is 12.2 Å². The Balaban J connectivity index is 3.07. The highest BCUT2D eigenvalue weighted by Crippen LogP contribution is 2.10. The molecule has 0 fully saturated rings. The van der Waals surface area contributed by atoms with Crippen molar-refractivity contribution in [2.75, 3.05) is 36.2 Å². The third kappa shape index (κ3) is 14.1. The molecule has 0 spiro atoms. The first-order chi connectivity index (χ1) is 9.18. The zero-order chi connectivity index (χ0) is 14.3. The minimum atomic E-state index is -0.291. The molecule has 19 heavy (non-hydrogen) atoms. The van der Waals surface area contributed by atoms with Crippen molar-refractivity contribution in [1.29, 1.82) is 0 Å².